The molecular formula is C17H21ClN2O. The molecule has 21 heavy (non-hydrogen) atoms. The van der Waals surface area contributed by atoms with E-state index in [2.05, 4.69) is 22.8 Å². The number of carbonyl (C=O) groups is 1. The zero-order chi connectivity index (χ0) is 15.2. The highest BCUT2D eigenvalue weighted by Crippen LogP contribution is 2.13. The Labute approximate surface area is 131 Å². The van der Waals surface area contributed by atoms with Crippen molar-refractivity contribution in [3.8, 4) is 0 Å². The van der Waals surface area contributed by atoms with E-state index < -0.39 is 0 Å². The smallest absolute Gasteiger partial charge is 0.238 e. The summed E-state index contributed by atoms with van der Waals surface area (Å²) >= 11 is 5.70. The van der Waals surface area contributed by atoms with Crippen LogP contribution in [0.5, 0.6) is 0 Å². The minimum Gasteiger partial charge on any atom is -0.345 e. The molecule has 2 aromatic rings. The Bertz CT molecular complexity index is 577. The second kappa shape index (κ2) is 7.32. The Hall–Kier alpha value is -1.74. The second-order valence-electron chi connectivity index (χ2n) is 5.36. The van der Waals surface area contributed by atoms with E-state index in [1.165, 1.54) is 5.56 Å². The van der Waals surface area contributed by atoms with Gasteiger partial charge >= 0.3 is 0 Å². The van der Waals surface area contributed by atoms with Crippen molar-refractivity contribution in [3.05, 3.63) is 59.9 Å². The molecule has 0 fully saturated rings. The third kappa shape index (κ3) is 4.11. The number of halogens is 1. The van der Waals surface area contributed by atoms with E-state index in [0.29, 0.717) is 6.54 Å². The number of hydrogen-bond donors (Lipinski definition) is 0. The van der Waals surface area contributed by atoms with Gasteiger partial charge in [-0.2, -0.15) is 0 Å². The summed E-state index contributed by atoms with van der Waals surface area (Å²) in [5.74, 6) is -0.00321. The molecule has 0 spiro atoms. The summed E-state index contributed by atoms with van der Waals surface area (Å²) in [4.78, 5) is 13.7. The van der Waals surface area contributed by atoms with Crippen molar-refractivity contribution in [2.45, 2.75) is 33.0 Å². The second-order valence-corrected chi connectivity index (χ2v) is 5.63. The van der Waals surface area contributed by atoms with Crippen molar-refractivity contribution >= 4 is 17.5 Å². The maximum Gasteiger partial charge on any atom is 0.238 e. The van der Waals surface area contributed by atoms with Gasteiger partial charge in [0.1, 0.15) is 5.88 Å². The average Bonchev–Trinajstić information content (AvgIpc) is 2.92. The van der Waals surface area contributed by atoms with Crippen molar-refractivity contribution in [3.63, 3.8) is 0 Å². The fourth-order valence-corrected chi connectivity index (χ4v) is 2.49. The number of carbonyl (C=O) groups excluding carboxylic acids is 1. The van der Waals surface area contributed by atoms with E-state index in [1.54, 1.807) is 0 Å². The molecule has 3 nitrogen and oxygen atoms in total. The molecule has 1 aromatic carbocycles. The molecule has 0 bridgehead atoms. The summed E-state index contributed by atoms with van der Waals surface area (Å²) in [6, 6.07) is 14.5. The van der Waals surface area contributed by atoms with Crippen molar-refractivity contribution in [1.82, 2.24) is 9.47 Å². The first-order chi connectivity index (χ1) is 10.1. The van der Waals surface area contributed by atoms with Crippen molar-refractivity contribution in [2.75, 3.05) is 5.88 Å². The Balaban J connectivity index is 2.14. The zero-order valence-electron chi connectivity index (χ0n) is 12.5. The van der Waals surface area contributed by atoms with Gasteiger partial charge in [-0.15, -0.1) is 11.6 Å². The van der Waals surface area contributed by atoms with Crippen LogP contribution >= 0.6 is 11.6 Å². The molecule has 0 radical (unpaired) electrons. The highest BCUT2D eigenvalue weighted by atomic mass is 35.5. The lowest BCUT2D eigenvalue weighted by atomic mass is 10.2. The van der Waals surface area contributed by atoms with Gasteiger partial charge in [-0.3, -0.25) is 4.79 Å². The molecule has 112 valence electrons. The molecule has 4 heteroatoms. The van der Waals surface area contributed by atoms with Gasteiger partial charge in [0, 0.05) is 24.5 Å². The Morgan fingerprint density at radius 3 is 2.52 bits per heavy atom. The Kier molecular flexibility index (Phi) is 5.45. The lowest BCUT2D eigenvalue weighted by Gasteiger charge is -2.26. The SMILES string of the molecule is CC(C)N(Cc1cccn1Cc1ccccc1)C(=O)CCl. The molecule has 0 aliphatic heterocycles. The van der Waals surface area contributed by atoms with Crippen molar-refractivity contribution < 1.29 is 4.79 Å². The van der Waals surface area contributed by atoms with Crippen LogP contribution < -0.4 is 0 Å². The highest BCUT2D eigenvalue weighted by Gasteiger charge is 2.17. The van der Waals surface area contributed by atoms with Gasteiger partial charge in [-0.1, -0.05) is 30.3 Å². The molecule has 0 aliphatic rings. The minimum absolute atomic E-state index is 0.0254. The first kappa shape index (κ1) is 15.6. The summed E-state index contributed by atoms with van der Waals surface area (Å²) in [6.45, 7) is 5.41. The van der Waals surface area contributed by atoms with Gasteiger partial charge < -0.3 is 9.47 Å². The monoisotopic (exact) mass is 304 g/mol. The predicted octanol–water partition coefficient (Wildman–Crippen LogP) is 3.51. The average molecular weight is 305 g/mol. The predicted molar refractivity (Wildman–Crippen MR) is 86.4 cm³/mol. The third-order valence-corrected chi connectivity index (χ3v) is 3.74. The van der Waals surface area contributed by atoms with Gasteiger partial charge in [0.15, 0.2) is 0 Å². The molecule has 1 aromatic heterocycles. The van der Waals surface area contributed by atoms with Gasteiger partial charge in [0.2, 0.25) is 5.91 Å². The maximum absolute atomic E-state index is 11.9. The standard InChI is InChI=1S/C17H21ClN2O/c1-14(2)20(17(21)11-18)13-16-9-6-10-19(16)12-15-7-4-3-5-8-15/h3-10,14H,11-13H2,1-2H3. The normalized spacial score (nSPS) is 10.9. The van der Waals surface area contributed by atoms with E-state index in [1.807, 2.05) is 49.2 Å². The van der Waals surface area contributed by atoms with E-state index in [4.69, 9.17) is 11.6 Å². The maximum atomic E-state index is 11.9. The highest BCUT2D eigenvalue weighted by molar-refractivity contribution is 6.27. The molecule has 0 N–H and O–H groups in total. The summed E-state index contributed by atoms with van der Waals surface area (Å²) in [6.07, 6.45) is 2.05. The third-order valence-electron chi connectivity index (χ3n) is 3.51. The molecule has 2 rings (SSSR count). The number of hydrogen-bond acceptors (Lipinski definition) is 1. The summed E-state index contributed by atoms with van der Waals surface area (Å²) in [5, 5.41) is 0. The van der Waals surface area contributed by atoms with Crippen LogP contribution in [-0.2, 0) is 17.9 Å². The molecule has 0 saturated carbocycles. The quantitative estimate of drug-likeness (QED) is 0.750. The number of rotatable bonds is 6. The number of alkyl halides is 1. The summed E-state index contributed by atoms with van der Waals surface area (Å²) in [5.41, 5.74) is 2.36. The first-order valence-corrected chi connectivity index (χ1v) is 7.68. The van der Waals surface area contributed by atoms with E-state index in [0.717, 1.165) is 12.2 Å². The van der Waals surface area contributed by atoms with Gasteiger partial charge in [-0.25, -0.2) is 0 Å². The van der Waals surface area contributed by atoms with Crippen LogP contribution in [0.25, 0.3) is 0 Å². The molecule has 0 aliphatic carbocycles. The topological polar surface area (TPSA) is 25.2 Å². The lowest BCUT2D eigenvalue weighted by molar-refractivity contribution is -0.130. The zero-order valence-corrected chi connectivity index (χ0v) is 13.3. The van der Waals surface area contributed by atoms with Gasteiger partial charge in [0.25, 0.3) is 0 Å². The van der Waals surface area contributed by atoms with Crippen LogP contribution in [-0.4, -0.2) is 27.3 Å². The molecular weight excluding hydrogens is 284 g/mol. The van der Waals surface area contributed by atoms with Crippen LogP contribution in [0.1, 0.15) is 25.1 Å². The van der Waals surface area contributed by atoms with Gasteiger partial charge in [-0.05, 0) is 31.5 Å². The summed E-state index contributed by atoms with van der Waals surface area (Å²) < 4.78 is 2.17. The van der Waals surface area contributed by atoms with E-state index in [9.17, 15) is 4.79 Å². The van der Waals surface area contributed by atoms with Crippen molar-refractivity contribution in [1.29, 1.82) is 0 Å². The molecule has 0 unspecified atom stereocenters. The first-order valence-electron chi connectivity index (χ1n) is 7.15. The lowest BCUT2D eigenvalue weighted by Crippen LogP contribution is -2.37. The number of amides is 1. The number of nitrogens with zero attached hydrogens (tertiary/aromatic N) is 2. The van der Waals surface area contributed by atoms with Crippen LogP contribution in [0.3, 0.4) is 0 Å². The Morgan fingerprint density at radius 1 is 1.19 bits per heavy atom. The van der Waals surface area contributed by atoms with Crippen LogP contribution in [0, 0.1) is 0 Å². The largest absolute Gasteiger partial charge is 0.345 e. The van der Waals surface area contributed by atoms with Crippen LogP contribution in [0.2, 0.25) is 0 Å². The van der Waals surface area contributed by atoms with Crippen molar-refractivity contribution in [2.24, 2.45) is 0 Å². The molecule has 0 saturated heterocycles. The van der Waals surface area contributed by atoms with Gasteiger partial charge in [0.05, 0.1) is 6.54 Å². The minimum atomic E-state index is -0.0286. The summed E-state index contributed by atoms with van der Waals surface area (Å²) in [7, 11) is 0. The molecule has 0 atom stereocenters. The fraction of sp³-hybridized carbons (Fsp3) is 0.353. The van der Waals surface area contributed by atoms with Crippen LogP contribution in [0.15, 0.2) is 48.7 Å². The van der Waals surface area contributed by atoms with E-state index >= 15 is 0 Å². The Morgan fingerprint density at radius 2 is 1.90 bits per heavy atom. The molecule has 1 amide bonds. The number of aromatic nitrogens is 1. The van der Waals surface area contributed by atoms with E-state index in [-0.39, 0.29) is 17.8 Å². The number of benzene rings is 1. The van der Waals surface area contributed by atoms with Crippen LogP contribution in [0.4, 0.5) is 0 Å². The molecule has 1 heterocycles. The fourth-order valence-electron chi connectivity index (χ4n) is 2.34.